The Labute approximate surface area is 129 Å². The molecule has 2 atom stereocenters. The minimum atomic E-state index is 0.491. The number of hydrogen-bond acceptors (Lipinski definition) is 5. The number of rotatable bonds is 4. The fourth-order valence-electron chi connectivity index (χ4n) is 3.03. The van der Waals surface area contributed by atoms with Gasteiger partial charge in [0.05, 0.1) is 0 Å². The maximum absolute atomic E-state index is 5.09. The number of methoxy groups -OCH3 is 1. The van der Waals surface area contributed by atoms with E-state index in [1.54, 1.807) is 7.11 Å². The molecule has 1 aliphatic rings. The second-order valence-corrected chi connectivity index (χ2v) is 6.33. The number of anilines is 1. The Morgan fingerprint density at radius 1 is 1.33 bits per heavy atom. The van der Waals surface area contributed by atoms with Gasteiger partial charge in [-0.1, -0.05) is 30.3 Å². The molecule has 0 aliphatic carbocycles. The van der Waals surface area contributed by atoms with Gasteiger partial charge in [0, 0.05) is 31.2 Å². The highest BCUT2D eigenvalue weighted by Gasteiger charge is 2.28. The number of hydrogen-bond donors (Lipinski definition) is 0. The number of ether oxygens (including phenoxy) is 1. The lowest BCUT2D eigenvalue weighted by atomic mass is 9.86. The van der Waals surface area contributed by atoms with Crippen LogP contribution in [0, 0.1) is 0 Å². The molecule has 0 spiro atoms. The summed E-state index contributed by atoms with van der Waals surface area (Å²) in [5.74, 6) is 1.44. The molecule has 2 aromatic rings. The summed E-state index contributed by atoms with van der Waals surface area (Å²) in [5.41, 5.74) is 1.46. The lowest BCUT2D eigenvalue weighted by Gasteiger charge is -2.37. The van der Waals surface area contributed by atoms with Gasteiger partial charge >= 0.3 is 0 Å². The largest absolute Gasteiger partial charge is 0.377 e. The predicted molar refractivity (Wildman–Crippen MR) is 85.8 cm³/mol. The first-order chi connectivity index (χ1) is 10.3. The van der Waals surface area contributed by atoms with Gasteiger partial charge in [0.25, 0.3) is 0 Å². The van der Waals surface area contributed by atoms with Crippen LogP contribution in [0.3, 0.4) is 0 Å². The average Bonchev–Trinajstić information content (AvgIpc) is 2.97. The molecule has 0 saturated carbocycles. The van der Waals surface area contributed by atoms with E-state index in [4.69, 9.17) is 4.74 Å². The van der Waals surface area contributed by atoms with Crippen LogP contribution in [0.5, 0.6) is 0 Å². The minimum Gasteiger partial charge on any atom is -0.377 e. The Kier molecular flexibility index (Phi) is 4.51. The van der Waals surface area contributed by atoms with E-state index in [1.807, 2.05) is 0 Å². The van der Waals surface area contributed by atoms with E-state index in [-0.39, 0.29) is 0 Å². The molecule has 0 unspecified atom stereocenters. The van der Waals surface area contributed by atoms with Crippen LogP contribution in [0.4, 0.5) is 5.13 Å². The Morgan fingerprint density at radius 3 is 2.86 bits per heavy atom. The van der Waals surface area contributed by atoms with Crippen molar-refractivity contribution < 1.29 is 4.74 Å². The minimum absolute atomic E-state index is 0.491. The second kappa shape index (κ2) is 6.54. The molecule has 1 fully saturated rings. The molecule has 0 radical (unpaired) electrons. The van der Waals surface area contributed by atoms with Crippen molar-refractivity contribution in [2.75, 3.05) is 18.6 Å². The Morgan fingerprint density at radius 2 is 2.14 bits per heavy atom. The molecule has 0 amide bonds. The van der Waals surface area contributed by atoms with Gasteiger partial charge in [-0.15, -0.1) is 0 Å². The SMILES string of the molecule is COCc1nsc(N2CC[C@@H](c3ccccc3)C[C@@H]2C)n1. The summed E-state index contributed by atoms with van der Waals surface area (Å²) < 4.78 is 9.45. The summed E-state index contributed by atoms with van der Waals surface area (Å²) >= 11 is 1.48. The fraction of sp³-hybridized carbons (Fsp3) is 0.500. The van der Waals surface area contributed by atoms with Crippen LogP contribution >= 0.6 is 11.5 Å². The van der Waals surface area contributed by atoms with E-state index in [9.17, 15) is 0 Å². The van der Waals surface area contributed by atoms with Crippen LogP contribution < -0.4 is 4.90 Å². The molecular formula is C16H21N3OS. The zero-order chi connectivity index (χ0) is 14.7. The van der Waals surface area contributed by atoms with Crippen LogP contribution in [0.2, 0.25) is 0 Å². The highest BCUT2D eigenvalue weighted by molar-refractivity contribution is 7.09. The lowest BCUT2D eigenvalue weighted by molar-refractivity contribution is 0.179. The van der Waals surface area contributed by atoms with Crippen molar-refractivity contribution in [1.82, 2.24) is 9.36 Å². The number of aromatic nitrogens is 2. The third kappa shape index (κ3) is 3.24. The van der Waals surface area contributed by atoms with Crippen LogP contribution in [0.25, 0.3) is 0 Å². The smallest absolute Gasteiger partial charge is 0.205 e. The first-order valence-corrected chi connectivity index (χ1v) is 8.18. The Bertz CT molecular complexity index is 572. The highest BCUT2D eigenvalue weighted by atomic mass is 32.1. The molecule has 112 valence electrons. The highest BCUT2D eigenvalue weighted by Crippen LogP contribution is 2.34. The zero-order valence-corrected chi connectivity index (χ0v) is 13.3. The zero-order valence-electron chi connectivity index (χ0n) is 12.5. The second-order valence-electron chi connectivity index (χ2n) is 5.60. The quantitative estimate of drug-likeness (QED) is 0.867. The predicted octanol–water partition coefficient (Wildman–Crippen LogP) is 3.46. The summed E-state index contributed by atoms with van der Waals surface area (Å²) in [6.07, 6.45) is 2.34. The van der Waals surface area contributed by atoms with Crippen molar-refractivity contribution in [3.05, 3.63) is 41.7 Å². The van der Waals surface area contributed by atoms with Crippen molar-refractivity contribution in [3.63, 3.8) is 0 Å². The van der Waals surface area contributed by atoms with Gasteiger partial charge in [-0.05, 0) is 31.2 Å². The first kappa shape index (κ1) is 14.5. The van der Waals surface area contributed by atoms with E-state index in [2.05, 4.69) is 51.5 Å². The maximum Gasteiger partial charge on any atom is 0.205 e. The molecule has 21 heavy (non-hydrogen) atoms. The molecule has 1 aromatic carbocycles. The molecular weight excluding hydrogens is 282 g/mol. The van der Waals surface area contributed by atoms with Crippen LogP contribution in [0.1, 0.15) is 37.1 Å². The van der Waals surface area contributed by atoms with E-state index < -0.39 is 0 Å². The third-order valence-corrected chi connectivity index (χ3v) is 4.91. The molecule has 1 saturated heterocycles. The number of nitrogens with zero attached hydrogens (tertiary/aromatic N) is 3. The summed E-state index contributed by atoms with van der Waals surface area (Å²) in [6.45, 7) is 3.82. The molecule has 2 heterocycles. The summed E-state index contributed by atoms with van der Waals surface area (Å²) in [5, 5.41) is 1.03. The van der Waals surface area contributed by atoms with Gasteiger partial charge in [0.2, 0.25) is 5.13 Å². The van der Waals surface area contributed by atoms with Crippen molar-refractivity contribution in [2.45, 2.75) is 38.3 Å². The molecule has 4 nitrogen and oxygen atoms in total. The van der Waals surface area contributed by atoms with Crippen molar-refractivity contribution in [3.8, 4) is 0 Å². The van der Waals surface area contributed by atoms with E-state index in [0.29, 0.717) is 18.6 Å². The monoisotopic (exact) mass is 303 g/mol. The summed E-state index contributed by atoms with van der Waals surface area (Å²) in [6, 6.07) is 11.3. The molecule has 0 bridgehead atoms. The van der Waals surface area contributed by atoms with Gasteiger partial charge in [-0.3, -0.25) is 0 Å². The molecule has 3 rings (SSSR count). The van der Waals surface area contributed by atoms with Crippen LogP contribution in [-0.4, -0.2) is 29.1 Å². The van der Waals surface area contributed by atoms with Crippen molar-refractivity contribution in [2.24, 2.45) is 0 Å². The van der Waals surface area contributed by atoms with Gasteiger partial charge in [0.1, 0.15) is 6.61 Å². The van der Waals surface area contributed by atoms with Gasteiger partial charge in [-0.2, -0.15) is 4.37 Å². The normalized spacial score (nSPS) is 22.5. The average molecular weight is 303 g/mol. The maximum atomic E-state index is 5.09. The molecule has 1 aromatic heterocycles. The Hall–Kier alpha value is -1.46. The molecule has 0 N–H and O–H groups in total. The van der Waals surface area contributed by atoms with E-state index in [1.165, 1.54) is 29.9 Å². The van der Waals surface area contributed by atoms with E-state index in [0.717, 1.165) is 17.5 Å². The molecule has 5 heteroatoms. The standard InChI is InChI=1S/C16H21N3OS/c1-12-10-14(13-6-4-3-5-7-13)8-9-19(12)16-17-15(11-20-2)18-21-16/h3-7,12,14H,8-11H2,1-2H3/t12-,14+/m0/s1. The third-order valence-electron chi connectivity index (χ3n) is 4.12. The van der Waals surface area contributed by atoms with E-state index >= 15 is 0 Å². The lowest BCUT2D eigenvalue weighted by Crippen LogP contribution is -2.40. The van der Waals surface area contributed by atoms with Crippen LogP contribution in [0.15, 0.2) is 30.3 Å². The Balaban J connectivity index is 1.68. The molecule has 1 aliphatic heterocycles. The number of benzene rings is 1. The van der Waals surface area contributed by atoms with Gasteiger partial charge < -0.3 is 9.64 Å². The van der Waals surface area contributed by atoms with Gasteiger partial charge in [-0.25, -0.2) is 4.98 Å². The van der Waals surface area contributed by atoms with Crippen molar-refractivity contribution >= 4 is 16.7 Å². The van der Waals surface area contributed by atoms with Crippen LogP contribution in [-0.2, 0) is 11.3 Å². The topological polar surface area (TPSA) is 38.2 Å². The fourth-order valence-corrected chi connectivity index (χ4v) is 3.84. The summed E-state index contributed by atoms with van der Waals surface area (Å²) in [4.78, 5) is 6.97. The summed E-state index contributed by atoms with van der Waals surface area (Å²) in [7, 11) is 1.68. The van der Waals surface area contributed by atoms with Gasteiger partial charge in [0.15, 0.2) is 5.82 Å². The number of piperidine rings is 1. The first-order valence-electron chi connectivity index (χ1n) is 7.41. The van der Waals surface area contributed by atoms with Crippen molar-refractivity contribution in [1.29, 1.82) is 0 Å².